The summed E-state index contributed by atoms with van der Waals surface area (Å²) in [6.45, 7) is 1.59. The Morgan fingerprint density at radius 3 is 2.80 bits per heavy atom. The molecule has 20 heavy (non-hydrogen) atoms. The van der Waals surface area contributed by atoms with Gasteiger partial charge in [-0.2, -0.15) is 4.31 Å². The average molecular weight is 300 g/mol. The van der Waals surface area contributed by atoms with E-state index in [-0.39, 0.29) is 10.8 Å². The highest BCUT2D eigenvalue weighted by Crippen LogP contribution is 2.29. The maximum atomic E-state index is 12.6. The molecule has 1 heterocycles. The Kier molecular flexibility index (Phi) is 4.52. The predicted octanol–water partition coefficient (Wildman–Crippen LogP) is 0.934. The maximum absolute atomic E-state index is 12.6. The lowest BCUT2D eigenvalue weighted by atomic mass is 10.1. The monoisotopic (exact) mass is 300 g/mol. The highest BCUT2D eigenvalue weighted by Gasteiger charge is 2.32. The number of sulfonamides is 1. The first-order chi connectivity index (χ1) is 9.48. The van der Waals surface area contributed by atoms with Crippen molar-refractivity contribution in [3.63, 3.8) is 0 Å². The van der Waals surface area contributed by atoms with Crippen molar-refractivity contribution in [2.24, 2.45) is 5.92 Å². The number of benzene rings is 1. The summed E-state index contributed by atoms with van der Waals surface area (Å²) in [6.07, 6.45) is 0.819. The van der Waals surface area contributed by atoms with Crippen LogP contribution >= 0.6 is 0 Å². The molecule has 0 radical (unpaired) electrons. The summed E-state index contributed by atoms with van der Waals surface area (Å²) in [5, 5.41) is 0. The van der Waals surface area contributed by atoms with Gasteiger partial charge in [0.15, 0.2) is 0 Å². The highest BCUT2D eigenvalue weighted by atomic mass is 32.2. The molecule has 7 heteroatoms. The number of anilines is 1. The van der Waals surface area contributed by atoms with Crippen molar-refractivity contribution in [3.05, 3.63) is 18.2 Å². The summed E-state index contributed by atoms with van der Waals surface area (Å²) < 4.78 is 36.8. The molecule has 0 spiro atoms. The van der Waals surface area contributed by atoms with Crippen LogP contribution in [0.25, 0.3) is 0 Å². The van der Waals surface area contributed by atoms with E-state index in [2.05, 4.69) is 0 Å². The van der Waals surface area contributed by atoms with E-state index in [0.717, 1.165) is 6.42 Å². The van der Waals surface area contributed by atoms with Crippen molar-refractivity contribution in [1.29, 1.82) is 0 Å². The van der Waals surface area contributed by atoms with Gasteiger partial charge in [-0.15, -0.1) is 0 Å². The molecule has 112 valence electrons. The molecule has 1 aromatic rings. The van der Waals surface area contributed by atoms with E-state index in [9.17, 15) is 8.42 Å². The normalized spacial score (nSPS) is 20.2. The summed E-state index contributed by atoms with van der Waals surface area (Å²) in [5.74, 6) is 0.629. The van der Waals surface area contributed by atoms with Crippen molar-refractivity contribution in [1.82, 2.24) is 4.31 Å². The SMILES string of the molecule is COCC1CCN(S(=O)(=O)c2ccc(N)c(OC)c2)C1. The molecule has 0 aliphatic carbocycles. The number of ether oxygens (including phenoxy) is 2. The Bertz CT molecular complexity index is 574. The standard InChI is InChI=1S/C13H20N2O4S/c1-18-9-10-5-6-15(8-10)20(16,17)11-3-4-12(14)13(7-11)19-2/h3-4,7,10H,5-6,8-9,14H2,1-2H3. The molecule has 6 nitrogen and oxygen atoms in total. The highest BCUT2D eigenvalue weighted by molar-refractivity contribution is 7.89. The molecule has 0 aromatic heterocycles. The molecule has 1 aromatic carbocycles. The lowest BCUT2D eigenvalue weighted by molar-refractivity contribution is 0.157. The van der Waals surface area contributed by atoms with Crippen LogP contribution in [-0.2, 0) is 14.8 Å². The zero-order valence-corrected chi connectivity index (χ0v) is 12.5. The fraction of sp³-hybridized carbons (Fsp3) is 0.538. The van der Waals surface area contributed by atoms with E-state index in [1.165, 1.54) is 23.5 Å². The van der Waals surface area contributed by atoms with Gasteiger partial charge in [-0.1, -0.05) is 0 Å². The largest absolute Gasteiger partial charge is 0.495 e. The molecule has 1 saturated heterocycles. The van der Waals surface area contributed by atoms with Crippen LogP contribution in [0.4, 0.5) is 5.69 Å². The van der Waals surface area contributed by atoms with Gasteiger partial charge in [-0.05, 0) is 24.5 Å². The molecule has 1 aliphatic heterocycles. The van der Waals surface area contributed by atoms with Crippen molar-refractivity contribution in [2.75, 3.05) is 39.6 Å². The summed E-state index contributed by atoms with van der Waals surface area (Å²) in [7, 11) is -0.405. The van der Waals surface area contributed by atoms with Crippen LogP contribution in [0.3, 0.4) is 0 Å². The van der Waals surface area contributed by atoms with Gasteiger partial charge < -0.3 is 15.2 Å². The van der Waals surface area contributed by atoms with Crippen molar-refractivity contribution in [3.8, 4) is 5.75 Å². The Hall–Kier alpha value is -1.31. The van der Waals surface area contributed by atoms with Gasteiger partial charge in [-0.3, -0.25) is 0 Å². The van der Waals surface area contributed by atoms with E-state index in [4.69, 9.17) is 15.2 Å². The van der Waals surface area contributed by atoms with Gasteiger partial charge in [-0.25, -0.2) is 8.42 Å². The molecular weight excluding hydrogens is 280 g/mol. The van der Waals surface area contributed by atoms with Crippen LogP contribution in [0.1, 0.15) is 6.42 Å². The third kappa shape index (κ3) is 2.89. The van der Waals surface area contributed by atoms with Gasteiger partial charge in [0.25, 0.3) is 0 Å². The third-order valence-corrected chi connectivity index (χ3v) is 5.35. The van der Waals surface area contributed by atoms with Crippen LogP contribution in [0.15, 0.2) is 23.1 Å². The number of hydrogen-bond acceptors (Lipinski definition) is 5. The molecule has 1 atom stereocenters. The molecule has 2 rings (SSSR count). The number of rotatable bonds is 5. The predicted molar refractivity (Wildman–Crippen MR) is 76.1 cm³/mol. The minimum atomic E-state index is -3.50. The molecular formula is C13H20N2O4S. The first-order valence-corrected chi connectivity index (χ1v) is 7.85. The van der Waals surface area contributed by atoms with Crippen LogP contribution in [-0.4, -0.2) is 46.6 Å². The Balaban J connectivity index is 2.23. The van der Waals surface area contributed by atoms with Crippen LogP contribution < -0.4 is 10.5 Å². The lowest BCUT2D eigenvalue weighted by Gasteiger charge is -2.17. The van der Waals surface area contributed by atoms with Gasteiger partial charge in [0.05, 0.1) is 24.3 Å². The zero-order valence-electron chi connectivity index (χ0n) is 11.7. The van der Waals surface area contributed by atoms with Crippen molar-refractivity contribution in [2.45, 2.75) is 11.3 Å². The van der Waals surface area contributed by atoms with Crippen molar-refractivity contribution < 1.29 is 17.9 Å². The second kappa shape index (κ2) is 5.99. The van der Waals surface area contributed by atoms with Gasteiger partial charge in [0, 0.05) is 26.3 Å². The van der Waals surface area contributed by atoms with Crippen molar-refractivity contribution >= 4 is 15.7 Å². The quantitative estimate of drug-likeness (QED) is 0.818. The van der Waals surface area contributed by atoms with E-state index in [0.29, 0.717) is 31.1 Å². The summed E-state index contributed by atoms with van der Waals surface area (Å²) in [4.78, 5) is 0.210. The Labute approximate surface area is 119 Å². The fourth-order valence-corrected chi connectivity index (χ4v) is 3.94. The summed E-state index contributed by atoms with van der Waals surface area (Å²) >= 11 is 0. The maximum Gasteiger partial charge on any atom is 0.243 e. The topological polar surface area (TPSA) is 81.9 Å². The molecule has 2 N–H and O–H groups in total. The summed E-state index contributed by atoms with van der Waals surface area (Å²) in [5.41, 5.74) is 6.13. The van der Waals surface area contributed by atoms with Crippen LogP contribution in [0.5, 0.6) is 5.75 Å². The Morgan fingerprint density at radius 1 is 1.40 bits per heavy atom. The number of methoxy groups -OCH3 is 2. The first kappa shape index (κ1) is 15.1. The molecule has 0 bridgehead atoms. The van der Waals surface area contributed by atoms with Crippen LogP contribution in [0.2, 0.25) is 0 Å². The smallest absolute Gasteiger partial charge is 0.243 e. The molecule has 0 saturated carbocycles. The first-order valence-electron chi connectivity index (χ1n) is 6.41. The zero-order chi connectivity index (χ0) is 14.8. The third-order valence-electron chi connectivity index (χ3n) is 3.49. The molecule has 0 amide bonds. The minimum absolute atomic E-state index is 0.210. The van der Waals surface area contributed by atoms with E-state index in [1.807, 2.05) is 0 Å². The average Bonchev–Trinajstić information content (AvgIpc) is 2.89. The van der Waals surface area contributed by atoms with E-state index in [1.54, 1.807) is 13.2 Å². The number of hydrogen-bond donors (Lipinski definition) is 1. The lowest BCUT2D eigenvalue weighted by Crippen LogP contribution is -2.29. The summed E-state index contributed by atoms with van der Waals surface area (Å²) in [6, 6.07) is 4.53. The van der Waals surface area contributed by atoms with E-state index < -0.39 is 10.0 Å². The fourth-order valence-electron chi connectivity index (χ4n) is 2.39. The van der Waals surface area contributed by atoms with E-state index >= 15 is 0 Å². The number of nitrogens with two attached hydrogens (primary N) is 1. The van der Waals surface area contributed by atoms with Gasteiger partial charge >= 0.3 is 0 Å². The van der Waals surface area contributed by atoms with Crippen LogP contribution in [0, 0.1) is 5.92 Å². The second-order valence-electron chi connectivity index (χ2n) is 4.88. The van der Waals surface area contributed by atoms with Gasteiger partial charge in [0.1, 0.15) is 5.75 Å². The van der Waals surface area contributed by atoms with Gasteiger partial charge in [0.2, 0.25) is 10.0 Å². The molecule has 1 aliphatic rings. The Morgan fingerprint density at radius 2 is 2.15 bits per heavy atom. The number of nitrogen functional groups attached to an aromatic ring is 1. The number of nitrogens with zero attached hydrogens (tertiary/aromatic N) is 1. The second-order valence-corrected chi connectivity index (χ2v) is 6.81. The molecule has 1 fully saturated rings. The molecule has 1 unspecified atom stereocenters. The minimum Gasteiger partial charge on any atom is -0.495 e.